The maximum Gasteiger partial charge on any atom is 0.270 e. The molecule has 6 nitrogen and oxygen atoms in total. The number of anilines is 1. The van der Waals surface area contributed by atoms with E-state index in [1.54, 1.807) is 25.1 Å². The van der Waals surface area contributed by atoms with Gasteiger partial charge in [0.1, 0.15) is 17.3 Å². The highest BCUT2D eigenvalue weighted by atomic mass is 35.5. The van der Waals surface area contributed by atoms with Crippen molar-refractivity contribution in [2.24, 2.45) is 0 Å². The lowest BCUT2D eigenvalue weighted by Crippen LogP contribution is -2.37. The smallest absolute Gasteiger partial charge is 0.270 e. The van der Waals surface area contributed by atoms with Crippen LogP contribution in [-0.4, -0.2) is 42.2 Å². The highest BCUT2D eigenvalue weighted by molar-refractivity contribution is 6.30. The van der Waals surface area contributed by atoms with Gasteiger partial charge in [0.2, 0.25) is 0 Å². The van der Waals surface area contributed by atoms with Crippen LogP contribution in [0.25, 0.3) is 0 Å². The Balaban J connectivity index is 1.69. The van der Waals surface area contributed by atoms with Crippen molar-refractivity contribution in [2.75, 3.05) is 31.2 Å². The second-order valence-electron chi connectivity index (χ2n) is 5.57. The van der Waals surface area contributed by atoms with Gasteiger partial charge in [-0.25, -0.2) is 9.97 Å². The average Bonchev–Trinajstić information content (AvgIpc) is 2.61. The minimum Gasteiger partial charge on any atom is -0.378 e. The number of halogens is 1. The molecule has 1 fully saturated rings. The van der Waals surface area contributed by atoms with Gasteiger partial charge in [0.25, 0.3) is 5.91 Å². The van der Waals surface area contributed by atoms with Crippen molar-refractivity contribution in [1.82, 2.24) is 15.3 Å². The van der Waals surface area contributed by atoms with Crippen LogP contribution in [-0.2, 0) is 11.3 Å². The molecule has 126 valence electrons. The van der Waals surface area contributed by atoms with E-state index in [0.717, 1.165) is 24.5 Å². The van der Waals surface area contributed by atoms with Gasteiger partial charge in [-0.1, -0.05) is 23.7 Å². The Bertz CT molecular complexity index is 715. The fourth-order valence-electron chi connectivity index (χ4n) is 2.50. The van der Waals surface area contributed by atoms with Gasteiger partial charge in [-0.3, -0.25) is 4.79 Å². The van der Waals surface area contributed by atoms with Crippen molar-refractivity contribution in [2.45, 2.75) is 13.5 Å². The van der Waals surface area contributed by atoms with Crippen LogP contribution < -0.4 is 10.2 Å². The Labute approximate surface area is 145 Å². The highest BCUT2D eigenvalue weighted by Crippen LogP contribution is 2.15. The molecule has 24 heavy (non-hydrogen) atoms. The predicted molar refractivity (Wildman–Crippen MR) is 92.4 cm³/mol. The van der Waals surface area contributed by atoms with Gasteiger partial charge < -0.3 is 15.0 Å². The van der Waals surface area contributed by atoms with Crippen molar-refractivity contribution >= 4 is 23.3 Å². The third-order valence-electron chi connectivity index (χ3n) is 3.76. The normalized spacial score (nSPS) is 14.5. The average molecular weight is 347 g/mol. The molecule has 1 aliphatic heterocycles. The van der Waals surface area contributed by atoms with Gasteiger partial charge >= 0.3 is 0 Å². The van der Waals surface area contributed by atoms with E-state index < -0.39 is 0 Å². The van der Waals surface area contributed by atoms with E-state index in [1.165, 1.54) is 0 Å². The number of ether oxygens (including phenoxy) is 1. The van der Waals surface area contributed by atoms with E-state index in [-0.39, 0.29) is 5.91 Å². The SMILES string of the molecule is Cc1nc(C(=O)NCc2ccc(Cl)cc2)cc(N2CCOCC2)n1. The largest absolute Gasteiger partial charge is 0.378 e. The molecule has 0 unspecified atom stereocenters. The first-order valence-electron chi connectivity index (χ1n) is 7.83. The summed E-state index contributed by atoms with van der Waals surface area (Å²) in [6, 6.07) is 9.10. The van der Waals surface area contributed by atoms with Crippen molar-refractivity contribution in [3.63, 3.8) is 0 Å². The lowest BCUT2D eigenvalue weighted by Gasteiger charge is -2.28. The molecule has 0 saturated carbocycles. The molecule has 3 rings (SSSR count). The van der Waals surface area contributed by atoms with Gasteiger partial charge in [0, 0.05) is 30.7 Å². The summed E-state index contributed by atoms with van der Waals surface area (Å²) >= 11 is 5.86. The number of hydrogen-bond acceptors (Lipinski definition) is 5. The van der Waals surface area contributed by atoms with Crippen molar-refractivity contribution in [3.05, 3.63) is 52.4 Å². The van der Waals surface area contributed by atoms with Gasteiger partial charge in [0.15, 0.2) is 0 Å². The summed E-state index contributed by atoms with van der Waals surface area (Å²) in [7, 11) is 0. The van der Waals surface area contributed by atoms with E-state index in [1.807, 2.05) is 12.1 Å². The van der Waals surface area contributed by atoms with E-state index in [4.69, 9.17) is 16.3 Å². The van der Waals surface area contributed by atoms with Crippen molar-refractivity contribution in [1.29, 1.82) is 0 Å². The number of nitrogens with one attached hydrogen (secondary N) is 1. The molecule has 1 N–H and O–H groups in total. The summed E-state index contributed by atoms with van der Waals surface area (Å²) in [5, 5.41) is 3.55. The number of aryl methyl sites for hydroxylation is 1. The standard InChI is InChI=1S/C17H19ClN4O2/c1-12-20-15(10-16(21-12)22-6-8-24-9-7-22)17(23)19-11-13-2-4-14(18)5-3-13/h2-5,10H,6-9,11H2,1H3,(H,19,23). The minimum absolute atomic E-state index is 0.218. The molecule has 0 bridgehead atoms. The van der Waals surface area contributed by atoms with E-state index in [2.05, 4.69) is 20.2 Å². The first-order chi connectivity index (χ1) is 11.6. The number of nitrogens with zero attached hydrogens (tertiary/aromatic N) is 3. The minimum atomic E-state index is -0.218. The topological polar surface area (TPSA) is 67.4 Å². The molecule has 0 aliphatic carbocycles. The lowest BCUT2D eigenvalue weighted by atomic mass is 10.2. The second-order valence-corrected chi connectivity index (χ2v) is 6.00. The van der Waals surface area contributed by atoms with Crippen molar-refractivity contribution < 1.29 is 9.53 Å². The van der Waals surface area contributed by atoms with E-state index in [9.17, 15) is 4.79 Å². The molecule has 0 radical (unpaired) electrons. The lowest BCUT2D eigenvalue weighted by molar-refractivity contribution is 0.0945. The highest BCUT2D eigenvalue weighted by Gasteiger charge is 2.16. The van der Waals surface area contributed by atoms with Gasteiger partial charge in [-0.15, -0.1) is 0 Å². The molecule has 2 aromatic rings. The summed E-state index contributed by atoms with van der Waals surface area (Å²) in [4.78, 5) is 23.2. The summed E-state index contributed by atoms with van der Waals surface area (Å²) in [6.07, 6.45) is 0. The summed E-state index contributed by atoms with van der Waals surface area (Å²) in [6.45, 7) is 5.08. The Morgan fingerprint density at radius 1 is 1.25 bits per heavy atom. The number of rotatable bonds is 4. The van der Waals surface area contributed by atoms with Crippen LogP contribution in [0.15, 0.2) is 30.3 Å². The number of carbonyl (C=O) groups excluding carboxylic acids is 1. The molecular weight excluding hydrogens is 328 g/mol. The molecule has 0 spiro atoms. The fraction of sp³-hybridized carbons (Fsp3) is 0.353. The molecule has 1 aromatic heterocycles. The summed E-state index contributed by atoms with van der Waals surface area (Å²) in [5.41, 5.74) is 1.35. The monoisotopic (exact) mass is 346 g/mol. The number of benzene rings is 1. The predicted octanol–water partition coefficient (Wildman–Crippen LogP) is 2.21. The van der Waals surface area contributed by atoms with E-state index >= 15 is 0 Å². The zero-order valence-corrected chi connectivity index (χ0v) is 14.2. The molecule has 2 heterocycles. The molecule has 1 saturated heterocycles. The Morgan fingerprint density at radius 2 is 1.96 bits per heavy atom. The molecule has 1 aliphatic rings. The van der Waals surface area contributed by atoms with Gasteiger partial charge in [-0.05, 0) is 24.6 Å². The number of carbonyl (C=O) groups is 1. The quantitative estimate of drug-likeness (QED) is 0.919. The zero-order valence-electron chi connectivity index (χ0n) is 13.5. The zero-order chi connectivity index (χ0) is 16.9. The number of morpholine rings is 1. The van der Waals surface area contributed by atoms with Crippen LogP contribution in [0, 0.1) is 6.92 Å². The third-order valence-corrected chi connectivity index (χ3v) is 4.01. The molecule has 0 atom stereocenters. The fourth-order valence-corrected chi connectivity index (χ4v) is 2.62. The Hall–Kier alpha value is -2.18. The summed E-state index contributed by atoms with van der Waals surface area (Å²) in [5.74, 6) is 1.13. The number of amides is 1. The molecule has 7 heteroatoms. The van der Waals surface area contributed by atoms with Gasteiger partial charge in [-0.2, -0.15) is 0 Å². The Morgan fingerprint density at radius 3 is 2.67 bits per heavy atom. The van der Waals surface area contributed by atoms with Crippen LogP contribution in [0.4, 0.5) is 5.82 Å². The first-order valence-corrected chi connectivity index (χ1v) is 8.20. The first kappa shape index (κ1) is 16.7. The Kier molecular flexibility index (Phi) is 5.27. The van der Waals surface area contributed by atoms with Crippen LogP contribution >= 0.6 is 11.6 Å². The summed E-state index contributed by atoms with van der Waals surface area (Å²) < 4.78 is 5.35. The van der Waals surface area contributed by atoms with Crippen LogP contribution in [0.2, 0.25) is 5.02 Å². The second kappa shape index (κ2) is 7.59. The number of hydrogen-bond donors (Lipinski definition) is 1. The van der Waals surface area contributed by atoms with Gasteiger partial charge in [0.05, 0.1) is 13.2 Å². The maximum absolute atomic E-state index is 12.4. The number of aromatic nitrogens is 2. The maximum atomic E-state index is 12.4. The van der Waals surface area contributed by atoms with Crippen molar-refractivity contribution in [3.8, 4) is 0 Å². The molecular formula is C17H19ClN4O2. The van der Waals surface area contributed by atoms with Crippen LogP contribution in [0.1, 0.15) is 21.9 Å². The molecule has 1 aromatic carbocycles. The molecule has 1 amide bonds. The van der Waals surface area contributed by atoms with Crippen LogP contribution in [0.5, 0.6) is 0 Å². The van der Waals surface area contributed by atoms with Crippen LogP contribution in [0.3, 0.4) is 0 Å². The third kappa shape index (κ3) is 4.21. The van der Waals surface area contributed by atoms with E-state index in [0.29, 0.717) is 36.3 Å².